The molecule has 1 aliphatic rings. The number of fused-ring (bicyclic) bond motifs is 1. The highest BCUT2D eigenvalue weighted by molar-refractivity contribution is 5.84. The van der Waals surface area contributed by atoms with Gasteiger partial charge in [0.15, 0.2) is 0 Å². The molecule has 2 unspecified atom stereocenters. The normalized spacial score (nSPS) is 16.9. The minimum Gasteiger partial charge on any atom is -0.465 e. The quantitative estimate of drug-likeness (QED) is 0.418. The van der Waals surface area contributed by atoms with E-state index >= 15 is 0 Å². The lowest BCUT2D eigenvalue weighted by molar-refractivity contribution is -0.143. The number of nitrogens with zero attached hydrogens (tertiary/aromatic N) is 3. The van der Waals surface area contributed by atoms with Crippen molar-refractivity contribution in [1.29, 1.82) is 0 Å². The average Bonchev–Trinajstić information content (AvgIpc) is 3.32. The van der Waals surface area contributed by atoms with E-state index in [0.29, 0.717) is 13.0 Å². The van der Waals surface area contributed by atoms with Crippen LogP contribution in [0.15, 0.2) is 23.0 Å². The Morgan fingerprint density at radius 2 is 2.19 bits per heavy atom. The van der Waals surface area contributed by atoms with Crippen LogP contribution in [0.3, 0.4) is 0 Å². The Kier molecular flexibility index (Phi) is 7.06. The smallest absolute Gasteiger partial charge is 0.330 e. The van der Waals surface area contributed by atoms with Crippen LogP contribution >= 0.6 is 0 Å². The molecule has 31 heavy (non-hydrogen) atoms. The van der Waals surface area contributed by atoms with Gasteiger partial charge in [0.25, 0.3) is 0 Å². The maximum Gasteiger partial charge on any atom is 0.330 e. The van der Waals surface area contributed by atoms with Crippen molar-refractivity contribution < 1.29 is 28.2 Å². The van der Waals surface area contributed by atoms with Gasteiger partial charge in [0.1, 0.15) is 18.4 Å². The van der Waals surface area contributed by atoms with Crippen molar-refractivity contribution in [1.82, 2.24) is 14.0 Å². The summed E-state index contributed by atoms with van der Waals surface area (Å²) in [6.45, 7) is 1.95. The monoisotopic (exact) mass is 436 g/mol. The molecule has 3 rings (SSSR count). The molecular weight excluding hydrogens is 411 g/mol. The van der Waals surface area contributed by atoms with Gasteiger partial charge in [-0.25, -0.2) is 9.18 Å². The van der Waals surface area contributed by atoms with Crippen molar-refractivity contribution in [2.24, 2.45) is 5.73 Å². The molecule has 2 atom stereocenters. The molecule has 0 bridgehead atoms. The molecule has 2 aromatic rings. The molecule has 0 spiro atoms. The molecule has 10 nitrogen and oxygen atoms in total. The zero-order valence-electron chi connectivity index (χ0n) is 17.2. The van der Waals surface area contributed by atoms with E-state index in [2.05, 4.69) is 0 Å². The lowest BCUT2D eigenvalue weighted by Gasteiger charge is -2.25. The highest BCUT2D eigenvalue weighted by atomic mass is 19.1. The van der Waals surface area contributed by atoms with Crippen LogP contribution in [0.4, 0.5) is 4.39 Å². The minimum atomic E-state index is -1.23. The maximum absolute atomic E-state index is 13.9. The molecule has 1 aliphatic heterocycles. The summed E-state index contributed by atoms with van der Waals surface area (Å²) in [5.41, 5.74) is 5.17. The number of primary amides is 1. The summed E-state index contributed by atoms with van der Waals surface area (Å²) in [5.74, 6) is -2.15. The highest BCUT2D eigenvalue weighted by Crippen LogP contribution is 2.21. The molecule has 0 aliphatic carbocycles. The highest BCUT2D eigenvalue weighted by Gasteiger charge is 2.29. The molecule has 0 radical (unpaired) electrons. The van der Waals surface area contributed by atoms with Crippen LogP contribution in [0, 0.1) is 5.82 Å². The summed E-state index contributed by atoms with van der Waals surface area (Å²) in [6.07, 6.45) is 2.07. The van der Waals surface area contributed by atoms with Crippen LogP contribution in [0.2, 0.25) is 0 Å². The molecule has 1 fully saturated rings. The molecule has 1 aromatic carbocycles. The number of aromatic nitrogens is 2. The molecule has 2 heterocycles. The molecule has 11 heteroatoms. The largest absolute Gasteiger partial charge is 0.465 e. The predicted octanol–water partition coefficient (Wildman–Crippen LogP) is 0.169. The van der Waals surface area contributed by atoms with Gasteiger partial charge in [0.05, 0.1) is 30.3 Å². The number of benzene rings is 1. The Hall–Kier alpha value is -3.21. The number of nitrogens with two attached hydrogens (primary N) is 1. The summed E-state index contributed by atoms with van der Waals surface area (Å²) in [5, 5.41) is 0. The number of hydrogen-bond acceptors (Lipinski definition) is 6. The molecule has 168 valence electrons. The van der Waals surface area contributed by atoms with E-state index in [-0.39, 0.29) is 36.8 Å². The van der Waals surface area contributed by atoms with Gasteiger partial charge in [-0.3, -0.25) is 23.5 Å². The number of carbonyl (C=O) groups excluding carboxylic acids is 3. The van der Waals surface area contributed by atoms with Crippen LogP contribution in [-0.2, 0) is 30.4 Å². The third-order valence-electron chi connectivity index (χ3n) is 5.18. The second-order valence-electron chi connectivity index (χ2n) is 7.29. The fourth-order valence-electron chi connectivity index (χ4n) is 3.77. The Morgan fingerprint density at radius 3 is 2.81 bits per heavy atom. The fourth-order valence-corrected chi connectivity index (χ4v) is 3.77. The van der Waals surface area contributed by atoms with Crippen molar-refractivity contribution in [2.45, 2.75) is 38.5 Å². The van der Waals surface area contributed by atoms with Crippen LogP contribution in [0.5, 0.6) is 0 Å². The Labute approximate surface area is 177 Å². The van der Waals surface area contributed by atoms with Gasteiger partial charge >= 0.3 is 11.7 Å². The first-order chi connectivity index (χ1) is 14.8. The number of halogens is 1. The summed E-state index contributed by atoms with van der Waals surface area (Å²) in [7, 11) is 0. The van der Waals surface area contributed by atoms with E-state index in [1.54, 1.807) is 6.92 Å². The molecule has 1 aromatic heterocycles. The summed E-state index contributed by atoms with van der Waals surface area (Å²) >= 11 is 0. The van der Waals surface area contributed by atoms with Gasteiger partial charge in [0, 0.05) is 13.2 Å². The van der Waals surface area contributed by atoms with E-state index in [9.17, 15) is 23.6 Å². The van der Waals surface area contributed by atoms with E-state index in [0.717, 1.165) is 34.1 Å². The second kappa shape index (κ2) is 9.73. The van der Waals surface area contributed by atoms with E-state index < -0.39 is 36.0 Å². The lowest BCUT2D eigenvalue weighted by atomic mass is 10.2. The van der Waals surface area contributed by atoms with Crippen molar-refractivity contribution >= 4 is 29.3 Å². The van der Waals surface area contributed by atoms with Crippen molar-refractivity contribution in [2.75, 3.05) is 26.3 Å². The molecule has 2 amide bonds. The topological polar surface area (TPSA) is 126 Å². The number of carbonyl (C=O) groups is 3. The van der Waals surface area contributed by atoms with Crippen molar-refractivity contribution in [3.05, 3.63) is 34.5 Å². The van der Waals surface area contributed by atoms with Crippen molar-refractivity contribution in [3.8, 4) is 0 Å². The molecule has 0 saturated carbocycles. The summed E-state index contributed by atoms with van der Waals surface area (Å²) < 4.78 is 26.4. The van der Waals surface area contributed by atoms with Gasteiger partial charge in [-0.1, -0.05) is 0 Å². The zero-order chi connectivity index (χ0) is 22.5. The van der Waals surface area contributed by atoms with Gasteiger partial charge in [-0.2, -0.15) is 0 Å². The number of imidazole rings is 1. The van der Waals surface area contributed by atoms with Gasteiger partial charge in [-0.15, -0.1) is 0 Å². The van der Waals surface area contributed by atoms with Gasteiger partial charge in [-0.05, 0) is 38.0 Å². The van der Waals surface area contributed by atoms with Crippen LogP contribution < -0.4 is 11.4 Å². The van der Waals surface area contributed by atoms with E-state index in [1.165, 1.54) is 11.0 Å². The molecule has 1 saturated heterocycles. The third kappa shape index (κ3) is 4.93. The van der Waals surface area contributed by atoms with Crippen LogP contribution in [0.1, 0.15) is 25.8 Å². The number of esters is 1. The number of ether oxygens (including phenoxy) is 2. The first kappa shape index (κ1) is 22.5. The number of hydrogen-bond donors (Lipinski definition) is 1. The number of amides is 2. The summed E-state index contributed by atoms with van der Waals surface area (Å²) in [6, 6.07) is 2.33. The predicted molar refractivity (Wildman–Crippen MR) is 108 cm³/mol. The van der Waals surface area contributed by atoms with E-state index in [4.69, 9.17) is 15.2 Å². The molecule has 2 N–H and O–H groups in total. The average molecular weight is 436 g/mol. The zero-order valence-corrected chi connectivity index (χ0v) is 17.2. The first-order valence-corrected chi connectivity index (χ1v) is 10.0. The first-order valence-electron chi connectivity index (χ1n) is 10.0. The Balaban J connectivity index is 2.01. The minimum absolute atomic E-state index is 0.112. The standard InChI is InChI=1S/C20H25FN4O6/c1-2-30-18(27)11-24-16-8-13(21)5-6-15(16)25(20(24)29)17(19(22)28)10-23(12-26)9-14-4-3-7-31-14/h5-6,8,12,14,17H,2-4,7,9-11H2,1H3,(H2,22,28). The SMILES string of the molecule is CCOC(=O)Cn1c(=O)n(C(CN(C=O)CC2CCCO2)C(N)=O)c2ccc(F)cc21. The Morgan fingerprint density at radius 1 is 1.42 bits per heavy atom. The second-order valence-corrected chi connectivity index (χ2v) is 7.29. The third-order valence-corrected chi connectivity index (χ3v) is 5.18. The maximum atomic E-state index is 13.9. The Bertz CT molecular complexity index is 1030. The van der Waals surface area contributed by atoms with Gasteiger partial charge < -0.3 is 20.1 Å². The lowest BCUT2D eigenvalue weighted by Crippen LogP contribution is -2.43. The van der Waals surface area contributed by atoms with Gasteiger partial charge in [0.2, 0.25) is 12.3 Å². The fraction of sp³-hybridized carbons (Fsp3) is 0.500. The summed E-state index contributed by atoms with van der Waals surface area (Å²) in [4.78, 5) is 50.4. The van der Waals surface area contributed by atoms with E-state index in [1.807, 2.05) is 0 Å². The molecular formula is C20H25FN4O6. The number of rotatable bonds is 10. The van der Waals surface area contributed by atoms with Crippen LogP contribution in [0.25, 0.3) is 11.0 Å². The van der Waals surface area contributed by atoms with Crippen molar-refractivity contribution in [3.63, 3.8) is 0 Å². The van der Waals surface area contributed by atoms with Crippen LogP contribution in [-0.4, -0.2) is 64.7 Å².